The summed E-state index contributed by atoms with van der Waals surface area (Å²) in [7, 11) is 0. The number of unbranched alkanes of at least 4 members (excludes halogenated alkanes) is 2. The van der Waals surface area contributed by atoms with Gasteiger partial charge in [0, 0.05) is 0 Å². The van der Waals surface area contributed by atoms with E-state index in [1.807, 2.05) is 3.28 Å². The number of hydrogen-bond donors (Lipinski definition) is 0. The average Bonchev–Trinajstić information content (AvgIpc) is 3.59. The van der Waals surface area contributed by atoms with E-state index in [0.717, 1.165) is 3.63 Å². The predicted octanol–water partition coefficient (Wildman–Crippen LogP) is 6.29. The van der Waals surface area contributed by atoms with Crippen LogP contribution in [0.5, 0.6) is 0 Å². The van der Waals surface area contributed by atoms with Crippen LogP contribution < -0.4 is 24.8 Å². The first-order valence-corrected chi connectivity index (χ1v) is 26.2. The Kier molecular flexibility index (Phi) is 10.9. The van der Waals surface area contributed by atoms with Crippen molar-refractivity contribution in [2.75, 3.05) is 0 Å². The Morgan fingerprint density at radius 3 is 1.74 bits per heavy atom. The van der Waals surface area contributed by atoms with Crippen LogP contribution in [-0.2, 0) is 20.4 Å². The molecule has 250 valence electrons. The van der Waals surface area contributed by atoms with Crippen LogP contribution >= 0.6 is 0 Å². The van der Waals surface area contributed by atoms with Crippen molar-refractivity contribution in [2.45, 2.75) is 117 Å². The fourth-order valence-corrected chi connectivity index (χ4v) is 40.3. The van der Waals surface area contributed by atoms with E-state index in [2.05, 4.69) is 154 Å². The average molecular weight is 755 g/mol. The maximum atomic E-state index is 2.88. The fourth-order valence-electron chi connectivity index (χ4n) is 12.7. The summed E-state index contributed by atoms with van der Waals surface area (Å²) >= 11 is -2.28. The van der Waals surface area contributed by atoms with E-state index in [0.29, 0.717) is 5.92 Å². The molecule has 4 heteroatoms. The molecule has 9 atom stereocenters. The Morgan fingerprint density at radius 1 is 0.696 bits per heavy atom. The molecule has 9 unspecified atom stereocenters. The third-order valence-electron chi connectivity index (χ3n) is 16.0. The summed E-state index contributed by atoms with van der Waals surface area (Å²) in [6.45, 7) is 26.6. The first-order chi connectivity index (χ1) is 20.8. The Labute approximate surface area is 303 Å². The van der Waals surface area contributed by atoms with Crippen molar-refractivity contribution in [2.24, 2.45) is 43.8 Å². The Balaban J connectivity index is 0.00000240. The summed E-state index contributed by atoms with van der Waals surface area (Å²) in [5.41, 5.74) is 1.42. The summed E-state index contributed by atoms with van der Waals surface area (Å²) in [6.07, 6.45) is 42.6. The molecule has 6 aliphatic rings. The van der Waals surface area contributed by atoms with Crippen LogP contribution in [0.4, 0.5) is 0 Å². The summed E-state index contributed by atoms with van der Waals surface area (Å²) < 4.78 is 2.74. The van der Waals surface area contributed by atoms with Crippen molar-refractivity contribution in [3.05, 3.63) is 93.9 Å². The smallest absolute Gasteiger partial charge is 1.00 e. The van der Waals surface area contributed by atoms with Gasteiger partial charge in [0.15, 0.2) is 0 Å². The van der Waals surface area contributed by atoms with Crippen LogP contribution in [0.15, 0.2) is 93.9 Å². The first kappa shape index (κ1) is 38.4. The molecule has 0 bridgehead atoms. The molecule has 6 rings (SSSR count). The normalized spacial score (nSPS) is 43.7. The predicted molar refractivity (Wildman–Crippen MR) is 190 cm³/mol. The van der Waals surface area contributed by atoms with Crippen molar-refractivity contribution in [1.29, 1.82) is 0 Å². The third kappa shape index (κ3) is 4.30. The van der Waals surface area contributed by atoms with Gasteiger partial charge in [-0.25, -0.2) is 0 Å². The van der Waals surface area contributed by atoms with E-state index in [1.165, 1.54) is 32.1 Å². The van der Waals surface area contributed by atoms with E-state index in [1.54, 1.807) is 17.7 Å². The summed E-state index contributed by atoms with van der Waals surface area (Å²) in [5, 5.41) is 0. The molecule has 0 nitrogen and oxygen atoms in total. The molecule has 0 spiro atoms. The van der Waals surface area contributed by atoms with Crippen LogP contribution in [0, 0.1) is 43.8 Å². The number of halogens is 2. The molecular formula is C42H60Cl2SiZr. The quantitative estimate of drug-likeness (QED) is 0.256. The Bertz CT molecular complexity index is 1500. The summed E-state index contributed by atoms with van der Waals surface area (Å²) in [6, 6.07) is 3.08. The van der Waals surface area contributed by atoms with Gasteiger partial charge in [-0.3, -0.25) is 0 Å². The minimum Gasteiger partial charge on any atom is -1.00 e. The van der Waals surface area contributed by atoms with Gasteiger partial charge in [-0.15, -0.1) is 0 Å². The molecule has 0 aromatic rings. The monoisotopic (exact) mass is 752 g/mol. The minimum atomic E-state index is -2.28. The van der Waals surface area contributed by atoms with Gasteiger partial charge in [0.2, 0.25) is 0 Å². The van der Waals surface area contributed by atoms with Crippen molar-refractivity contribution in [3.63, 3.8) is 0 Å². The van der Waals surface area contributed by atoms with Crippen LogP contribution in [0.3, 0.4) is 0 Å². The second-order valence-corrected chi connectivity index (χ2v) is 32.3. The maximum Gasteiger partial charge on any atom is -1.00 e. The maximum absolute atomic E-state index is 2.88. The minimum absolute atomic E-state index is 0. The van der Waals surface area contributed by atoms with E-state index < -0.39 is 25.8 Å². The largest absolute Gasteiger partial charge is 1.00 e. The van der Waals surface area contributed by atoms with Crippen LogP contribution in [0.25, 0.3) is 0 Å². The van der Waals surface area contributed by atoms with E-state index >= 15 is 0 Å². The molecule has 0 aromatic carbocycles. The molecule has 0 heterocycles. The number of fused-ring (bicyclic) bond motifs is 8. The summed E-state index contributed by atoms with van der Waals surface area (Å²) in [4.78, 5) is 0. The van der Waals surface area contributed by atoms with E-state index in [-0.39, 0.29) is 62.7 Å². The second kappa shape index (κ2) is 13.1. The molecule has 2 fully saturated rings. The van der Waals surface area contributed by atoms with Crippen LogP contribution in [0.1, 0.15) is 101 Å². The van der Waals surface area contributed by atoms with E-state index in [9.17, 15) is 0 Å². The van der Waals surface area contributed by atoms with Gasteiger partial charge in [0.25, 0.3) is 0 Å². The zero-order chi connectivity index (χ0) is 31.8. The Hall–Kier alpha value is -0.400. The molecule has 2 saturated carbocycles. The number of rotatable bonds is 8. The number of allylic oxidation sites excluding steroid dienone is 16. The standard InChI is InChI=1S/C29H37.C8H18Si.C5H5.2ClH.Zr/c1-21-14-13-15-22-20-27(6)25(4)18-10-9-16-23(25,2)24(3)17-11-12-19-26(24,5)29(27,8)28(21,22)7;1-3-5-7-9-8-6-4-2;1-2-4-5-3-1;;;/h9-20,22H,1-8H3;3-8H2,1-2H3;1-3H,4H2;2*1H;/q;;;;;+2/p-2. The topological polar surface area (TPSA) is 0 Å². The first-order valence-electron chi connectivity index (χ1n) is 18.0. The van der Waals surface area contributed by atoms with Crippen molar-refractivity contribution in [1.82, 2.24) is 0 Å². The van der Waals surface area contributed by atoms with Crippen LogP contribution in [-0.4, -0.2) is 5.43 Å². The Morgan fingerprint density at radius 2 is 1.22 bits per heavy atom. The molecule has 0 saturated heterocycles. The molecule has 0 aromatic heterocycles. The molecule has 46 heavy (non-hydrogen) atoms. The van der Waals surface area contributed by atoms with Crippen molar-refractivity contribution in [3.8, 4) is 0 Å². The van der Waals surface area contributed by atoms with Gasteiger partial charge >= 0.3 is 281 Å². The van der Waals surface area contributed by atoms with Gasteiger partial charge in [-0.1, -0.05) is 0 Å². The molecular weight excluding hydrogens is 695 g/mol. The van der Waals surface area contributed by atoms with Crippen molar-refractivity contribution >= 4 is 5.43 Å². The fraction of sp³-hybridized carbons (Fsp3) is 0.619. The zero-order valence-corrected chi connectivity index (χ0v) is 35.4. The van der Waals surface area contributed by atoms with Gasteiger partial charge in [-0.05, 0) is 0 Å². The molecule has 0 N–H and O–H groups in total. The molecule has 0 amide bonds. The third-order valence-corrected chi connectivity index (χ3v) is 38.1. The number of hydrogen-bond acceptors (Lipinski definition) is 0. The molecule has 0 aliphatic heterocycles. The van der Waals surface area contributed by atoms with Gasteiger partial charge in [-0.2, -0.15) is 0 Å². The van der Waals surface area contributed by atoms with Gasteiger partial charge < -0.3 is 24.8 Å². The molecule has 6 aliphatic carbocycles. The second-order valence-electron chi connectivity index (χ2n) is 16.6. The SMILES string of the molecule is CCCC[Si](CCCC)=[Zr+2]([C]1=CC=CC1)[CH]1C2C=CC=C(C)C2(C)C2(C)C3(C)C=CC=CC3(C)C3(C)C=CC=CC3(C)C12C.[Cl-].[Cl-]. The van der Waals surface area contributed by atoms with Gasteiger partial charge in [0.05, 0.1) is 0 Å². The molecule has 0 radical (unpaired) electrons. The summed E-state index contributed by atoms with van der Waals surface area (Å²) in [5.74, 6) is 0.598. The van der Waals surface area contributed by atoms with Crippen LogP contribution in [0.2, 0.25) is 15.7 Å². The van der Waals surface area contributed by atoms with Crippen molar-refractivity contribution < 1.29 is 45.2 Å². The van der Waals surface area contributed by atoms with E-state index in [4.69, 9.17) is 0 Å². The van der Waals surface area contributed by atoms with Gasteiger partial charge in [0.1, 0.15) is 0 Å². The zero-order valence-electron chi connectivity index (χ0n) is 30.4.